The molecule has 0 amide bonds. The molecule has 13 aromatic rings. The Balaban J connectivity index is 1.16. The minimum Gasteiger partial charge on any atom is -0.310 e. The van der Waals surface area contributed by atoms with Gasteiger partial charge < -0.3 is 9.80 Å². The lowest BCUT2D eigenvalue weighted by Gasteiger charge is -2.28. The Bertz CT molecular complexity index is 3670. The second kappa shape index (κ2) is 16.5. The van der Waals surface area contributed by atoms with E-state index in [4.69, 9.17) is 0 Å². The monoisotopic (exact) mass is 864 g/mol. The van der Waals surface area contributed by atoms with E-state index in [9.17, 15) is 0 Å². The zero-order valence-corrected chi connectivity index (χ0v) is 37.3. The van der Waals surface area contributed by atoms with Crippen LogP contribution < -0.4 is 9.80 Å². The summed E-state index contributed by atoms with van der Waals surface area (Å²) in [6.07, 6.45) is 0. The molecule has 318 valence electrons. The highest BCUT2D eigenvalue weighted by molar-refractivity contribution is 6.38. The van der Waals surface area contributed by atoms with E-state index in [1.807, 2.05) is 0 Å². The molecule has 0 saturated carbocycles. The number of para-hydroxylation sites is 4. The predicted octanol–water partition coefficient (Wildman–Crippen LogP) is 18.9. The van der Waals surface area contributed by atoms with Gasteiger partial charge in [0, 0.05) is 33.5 Å². The van der Waals surface area contributed by atoms with Crippen molar-refractivity contribution in [3.63, 3.8) is 0 Å². The lowest BCUT2D eigenvalue weighted by Crippen LogP contribution is -2.10. The van der Waals surface area contributed by atoms with Crippen LogP contribution in [0.1, 0.15) is 0 Å². The second-order valence-electron chi connectivity index (χ2n) is 17.5. The van der Waals surface area contributed by atoms with Gasteiger partial charge in [0.05, 0.1) is 11.4 Å². The average Bonchev–Trinajstić information content (AvgIpc) is 3.42. The van der Waals surface area contributed by atoms with Crippen molar-refractivity contribution in [3.8, 4) is 22.3 Å². The lowest BCUT2D eigenvalue weighted by atomic mass is 9.80. The van der Waals surface area contributed by atoms with Crippen molar-refractivity contribution >= 4 is 98.8 Å². The number of fused-ring (bicyclic) bond motifs is 9. The van der Waals surface area contributed by atoms with Gasteiger partial charge in [-0.2, -0.15) is 0 Å². The lowest BCUT2D eigenvalue weighted by molar-refractivity contribution is 1.30. The molecule has 0 heterocycles. The maximum absolute atomic E-state index is 2.39. The first-order valence-electron chi connectivity index (χ1n) is 23.4. The SMILES string of the molecule is c1ccc(N(c2ccccc2)c2ccc(-c3c4ccccc4c(-c4ccc(N(c5ccccc5)c5ccccc5)c5ccccc45)c4c5ccccc5c5ccccc5c34)c3ccccc23)cc1. The summed E-state index contributed by atoms with van der Waals surface area (Å²) in [7, 11) is 0. The molecule has 0 aliphatic heterocycles. The van der Waals surface area contributed by atoms with E-state index in [-0.39, 0.29) is 0 Å². The minimum absolute atomic E-state index is 1.11. The summed E-state index contributed by atoms with van der Waals surface area (Å²) in [4.78, 5) is 4.78. The van der Waals surface area contributed by atoms with Crippen LogP contribution in [0.15, 0.2) is 267 Å². The summed E-state index contributed by atoms with van der Waals surface area (Å²) in [5, 5.41) is 14.7. The van der Waals surface area contributed by atoms with Gasteiger partial charge in [-0.1, -0.05) is 206 Å². The molecule has 2 heteroatoms. The normalized spacial score (nSPS) is 11.5. The molecule has 0 radical (unpaired) electrons. The molecule has 13 rings (SSSR count). The topological polar surface area (TPSA) is 6.48 Å². The third-order valence-corrected chi connectivity index (χ3v) is 13.8. The second-order valence-corrected chi connectivity index (χ2v) is 17.5. The van der Waals surface area contributed by atoms with Gasteiger partial charge in [0.15, 0.2) is 0 Å². The molecular weight excluding hydrogens is 821 g/mol. The molecule has 0 aromatic heterocycles. The molecule has 0 saturated heterocycles. The molecule has 0 aliphatic carbocycles. The Morgan fingerprint density at radius 1 is 0.176 bits per heavy atom. The molecule has 0 unspecified atom stereocenters. The Morgan fingerprint density at radius 3 is 0.750 bits per heavy atom. The molecule has 0 atom stereocenters. The van der Waals surface area contributed by atoms with Crippen LogP contribution in [0.25, 0.3) is 86.9 Å². The standard InChI is InChI=1S/C66H44N2/c1-5-23-45(24-6-1)67(46-25-7-2-8-26-46)61-43-41-59(51-33-13-17-35-53(51)61)63-57-39-21-22-40-58(57)64(66-56-38-20-16-32-50(56)49-31-15-19-37-55(49)65(63)66)60-42-44-62(54-36-18-14-34-52(54)60)68(47-27-9-3-10-28-47)48-29-11-4-12-30-48/h1-44H. The van der Waals surface area contributed by atoms with Crippen molar-refractivity contribution < 1.29 is 0 Å². The van der Waals surface area contributed by atoms with Crippen LogP contribution in [-0.4, -0.2) is 0 Å². The summed E-state index contributed by atoms with van der Waals surface area (Å²) in [5.41, 5.74) is 11.6. The predicted molar refractivity (Wildman–Crippen MR) is 292 cm³/mol. The third-order valence-electron chi connectivity index (χ3n) is 13.8. The van der Waals surface area contributed by atoms with E-state index in [0.717, 1.165) is 34.1 Å². The van der Waals surface area contributed by atoms with Gasteiger partial charge in [-0.25, -0.2) is 0 Å². The first-order valence-corrected chi connectivity index (χ1v) is 23.4. The van der Waals surface area contributed by atoms with Crippen LogP contribution >= 0.6 is 0 Å². The van der Waals surface area contributed by atoms with Crippen LogP contribution in [0, 0.1) is 0 Å². The van der Waals surface area contributed by atoms with Gasteiger partial charge in [-0.15, -0.1) is 0 Å². The first-order chi connectivity index (χ1) is 33.8. The van der Waals surface area contributed by atoms with Crippen molar-refractivity contribution in [1.82, 2.24) is 0 Å². The highest BCUT2D eigenvalue weighted by Crippen LogP contribution is 2.53. The summed E-state index contributed by atoms with van der Waals surface area (Å²) in [6, 6.07) is 97.5. The Labute approximate surface area is 395 Å². The highest BCUT2D eigenvalue weighted by atomic mass is 15.1. The zero-order valence-electron chi connectivity index (χ0n) is 37.3. The average molecular weight is 865 g/mol. The van der Waals surface area contributed by atoms with Gasteiger partial charge >= 0.3 is 0 Å². The van der Waals surface area contributed by atoms with E-state index in [1.54, 1.807) is 0 Å². The molecule has 0 fully saturated rings. The molecule has 0 aliphatic rings. The largest absolute Gasteiger partial charge is 0.310 e. The number of nitrogens with zero attached hydrogens (tertiary/aromatic N) is 2. The summed E-state index contributed by atoms with van der Waals surface area (Å²) in [6.45, 7) is 0. The van der Waals surface area contributed by atoms with Crippen LogP contribution in [0.2, 0.25) is 0 Å². The van der Waals surface area contributed by atoms with Gasteiger partial charge in [-0.3, -0.25) is 0 Å². The number of hydrogen-bond donors (Lipinski definition) is 0. The van der Waals surface area contributed by atoms with Gasteiger partial charge in [0.1, 0.15) is 0 Å². The molecule has 13 aromatic carbocycles. The number of hydrogen-bond acceptors (Lipinski definition) is 2. The van der Waals surface area contributed by atoms with E-state index >= 15 is 0 Å². The number of benzene rings is 13. The van der Waals surface area contributed by atoms with Crippen molar-refractivity contribution in [3.05, 3.63) is 267 Å². The van der Waals surface area contributed by atoms with Crippen LogP contribution in [0.3, 0.4) is 0 Å². The van der Waals surface area contributed by atoms with E-state index in [0.29, 0.717) is 0 Å². The van der Waals surface area contributed by atoms with E-state index in [2.05, 4.69) is 277 Å². The smallest absolute Gasteiger partial charge is 0.0540 e. The van der Waals surface area contributed by atoms with Crippen LogP contribution in [-0.2, 0) is 0 Å². The summed E-state index contributed by atoms with van der Waals surface area (Å²) < 4.78 is 0. The van der Waals surface area contributed by atoms with Crippen LogP contribution in [0.5, 0.6) is 0 Å². The number of rotatable bonds is 8. The molecule has 2 nitrogen and oxygen atoms in total. The molecule has 68 heavy (non-hydrogen) atoms. The Kier molecular flexibility index (Phi) is 9.54. The van der Waals surface area contributed by atoms with Gasteiger partial charge in [0.2, 0.25) is 0 Å². The van der Waals surface area contributed by atoms with Crippen LogP contribution in [0.4, 0.5) is 34.1 Å². The fraction of sp³-hybridized carbons (Fsp3) is 0. The maximum atomic E-state index is 2.39. The maximum Gasteiger partial charge on any atom is 0.0540 e. The van der Waals surface area contributed by atoms with Crippen molar-refractivity contribution in [2.75, 3.05) is 9.80 Å². The Morgan fingerprint density at radius 2 is 0.426 bits per heavy atom. The molecule has 0 N–H and O–H groups in total. The van der Waals surface area contributed by atoms with E-state index < -0.39 is 0 Å². The quantitative estimate of drug-likeness (QED) is 0.111. The van der Waals surface area contributed by atoms with Gasteiger partial charge in [0.25, 0.3) is 0 Å². The fourth-order valence-electron chi connectivity index (χ4n) is 11.0. The fourth-order valence-corrected chi connectivity index (χ4v) is 11.0. The zero-order chi connectivity index (χ0) is 45.0. The van der Waals surface area contributed by atoms with Crippen molar-refractivity contribution in [2.45, 2.75) is 0 Å². The number of anilines is 6. The highest BCUT2D eigenvalue weighted by Gasteiger charge is 2.26. The van der Waals surface area contributed by atoms with E-state index in [1.165, 1.54) is 86.9 Å². The summed E-state index contributed by atoms with van der Waals surface area (Å²) >= 11 is 0. The molecular formula is C66H44N2. The first kappa shape index (κ1) is 39.4. The van der Waals surface area contributed by atoms with Crippen molar-refractivity contribution in [2.24, 2.45) is 0 Å². The van der Waals surface area contributed by atoms with Crippen molar-refractivity contribution in [1.29, 1.82) is 0 Å². The van der Waals surface area contributed by atoms with Gasteiger partial charge in [-0.05, 0) is 137 Å². The Hall–Kier alpha value is -8.98. The third kappa shape index (κ3) is 6.34. The minimum atomic E-state index is 1.11. The molecule has 0 spiro atoms. The molecule has 0 bridgehead atoms. The summed E-state index contributed by atoms with van der Waals surface area (Å²) in [5.74, 6) is 0.